The van der Waals surface area contributed by atoms with Gasteiger partial charge in [0.2, 0.25) is 0 Å². The maximum Gasteiger partial charge on any atom is 0.179 e. The summed E-state index contributed by atoms with van der Waals surface area (Å²) in [6.45, 7) is 0. The van der Waals surface area contributed by atoms with Crippen LogP contribution in [0.5, 0.6) is 0 Å². The maximum absolute atomic E-state index is 2.77. The van der Waals surface area contributed by atoms with Crippen LogP contribution in [0.1, 0.15) is 0 Å². The van der Waals surface area contributed by atoms with E-state index in [1.807, 2.05) is 0 Å². The molecule has 0 aliphatic heterocycles. The molecule has 3 heteroatoms. The van der Waals surface area contributed by atoms with E-state index in [0.717, 1.165) is 28.3 Å². The molecule has 0 atom stereocenters. The van der Waals surface area contributed by atoms with E-state index in [2.05, 4.69) is 349 Å². The molecule has 0 unspecified atom stereocenters. The Balaban J connectivity index is 0.847. The number of hydrogen-bond acceptors (Lipinski definition) is 1. The fourth-order valence-corrected chi connectivity index (χ4v) is 18.0. The van der Waals surface area contributed by atoms with Crippen molar-refractivity contribution in [2.24, 2.45) is 0 Å². The van der Waals surface area contributed by atoms with Gasteiger partial charge in [0.1, 0.15) is 0 Å². The van der Waals surface area contributed by atoms with Crippen molar-refractivity contribution in [1.82, 2.24) is 4.57 Å². The Morgan fingerprint density at radius 1 is 0.229 bits per heavy atom. The van der Waals surface area contributed by atoms with Crippen molar-refractivity contribution in [2.45, 2.75) is 0 Å². The third-order valence-corrected chi connectivity index (χ3v) is 21.8. The number of fused-ring (bicyclic) bond motifs is 6. The van der Waals surface area contributed by atoms with Gasteiger partial charge in [0.25, 0.3) is 0 Å². The zero-order valence-electron chi connectivity index (χ0n) is 45.7. The summed E-state index contributed by atoms with van der Waals surface area (Å²) >= 11 is 0. The Morgan fingerprint density at radius 3 is 1.08 bits per heavy atom. The van der Waals surface area contributed by atoms with Crippen LogP contribution in [0.15, 0.2) is 340 Å². The lowest BCUT2D eigenvalue weighted by Gasteiger charge is -2.35. The number of para-hydroxylation sites is 2. The van der Waals surface area contributed by atoms with Crippen LogP contribution >= 0.6 is 0 Å². The van der Waals surface area contributed by atoms with Crippen molar-refractivity contribution in [3.63, 3.8) is 0 Å². The first-order valence-corrected chi connectivity index (χ1v) is 30.7. The molecule has 390 valence electrons. The van der Waals surface area contributed by atoms with E-state index in [-0.39, 0.29) is 0 Å². The van der Waals surface area contributed by atoms with E-state index in [0.29, 0.717) is 0 Å². The van der Waals surface area contributed by atoms with Gasteiger partial charge >= 0.3 is 0 Å². The Kier molecular flexibility index (Phi) is 12.6. The van der Waals surface area contributed by atoms with Crippen LogP contribution in [0.3, 0.4) is 0 Å². The molecule has 15 rings (SSSR count). The van der Waals surface area contributed by atoms with Crippen LogP contribution < -0.4 is 25.6 Å². The molecule has 0 aliphatic carbocycles. The molecule has 0 aliphatic rings. The molecule has 0 spiro atoms. The lowest BCUT2D eigenvalue weighted by atomic mass is 9.85. The van der Waals surface area contributed by atoms with Crippen molar-refractivity contribution in [3.8, 4) is 50.2 Å². The van der Waals surface area contributed by atoms with Crippen LogP contribution in [-0.4, -0.2) is 12.6 Å². The van der Waals surface area contributed by atoms with E-state index >= 15 is 0 Å². The second-order valence-corrected chi connectivity index (χ2v) is 25.3. The summed E-state index contributed by atoms with van der Waals surface area (Å²) in [5.41, 5.74) is 16.4. The smallest absolute Gasteiger partial charge is 0.179 e. The Bertz CT molecular complexity index is 4680. The van der Waals surface area contributed by atoms with Crippen molar-refractivity contribution < 1.29 is 0 Å². The predicted octanol–water partition coefficient (Wildman–Crippen LogP) is 18.6. The standard InChI is InChI=1S/C80H56N2Si/c1-6-23-60(24-7-1)78-73-35-18-16-33-71(73)72-34-17-19-36-74(72)79(78)61-47-51-64(52-48-61)81(65-53-55-69(56-54-65)83(66-27-10-3-11-28-66,67-29-12-4-13-30-67)68-31-14-5-15-32-68)63-49-45-58(46-50-63)57-41-43-59(44-42-57)70-38-22-40-77-80(70)75-37-20-21-39-76(75)82(77)62-25-8-2-9-26-62/h1-56H. The van der Waals surface area contributed by atoms with Gasteiger partial charge in [0.15, 0.2) is 8.07 Å². The molecule has 83 heavy (non-hydrogen) atoms. The third-order valence-electron chi connectivity index (χ3n) is 17.0. The van der Waals surface area contributed by atoms with Gasteiger partial charge in [0.05, 0.1) is 11.0 Å². The summed E-state index contributed by atoms with van der Waals surface area (Å²) < 4.78 is 2.39. The second kappa shape index (κ2) is 21.1. The molecule has 15 aromatic rings. The van der Waals surface area contributed by atoms with Crippen LogP contribution in [0.4, 0.5) is 17.1 Å². The van der Waals surface area contributed by atoms with Gasteiger partial charge < -0.3 is 9.47 Å². The Morgan fingerprint density at radius 2 is 0.578 bits per heavy atom. The van der Waals surface area contributed by atoms with E-state index in [4.69, 9.17) is 0 Å². The molecule has 0 N–H and O–H groups in total. The molecule has 14 aromatic carbocycles. The normalized spacial score (nSPS) is 11.6. The summed E-state index contributed by atoms with van der Waals surface area (Å²) in [6.07, 6.45) is 0. The number of aromatic nitrogens is 1. The lowest BCUT2D eigenvalue weighted by Crippen LogP contribution is -2.74. The molecule has 2 nitrogen and oxygen atoms in total. The van der Waals surface area contributed by atoms with Crippen LogP contribution in [0.2, 0.25) is 0 Å². The SMILES string of the molecule is c1ccc(-c2c(-c3ccc(N(c4ccc(-c5ccc(-c6cccc7c6c6ccccc6n7-c6ccccc6)cc5)cc4)c4ccc([Si](c5ccccc5)(c5ccccc5)c5ccccc5)cc4)cc3)c3ccccc3c3ccccc23)cc1. The average molecular weight is 1070 g/mol. The highest BCUT2D eigenvalue weighted by molar-refractivity contribution is 7.19. The quantitative estimate of drug-likeness (QED) is 0.0672. The summed E-state index contributed by atoms with van der Waals surface area (Å²) in [7, 11) is -2.77. The molecule has 1 aromatic heterocycles. The third kappa shape index (κ3) is 8.57. The first-order chi connectivity index (χ1) is 41.2. The van der Waals surface area contributed by atoms with Gasteiger partial charge in [-0.1, -0.05) is 279 Å². The van der Waals surface area contributed by atoms with Gasteiger partial charge in [-0.25, -0.2) is 0 Å². The predicted molar refractivity (Wildman–Crippen MR) is 356 cm³/mol. The molecule has 0 fully saturated rings. The first kappa shape index (κ1) is 49.5. The van der Waals surface area contributed by atoms with Gasteiger partial charge in [-0.3, -0.25) is 0 Å². The Hall–Kier alpha value is -10.6. The minimum Gasteiger partial charge on any atom is -0.311 e. The highest BCUT2D eigenvalue weighted by Gasteiger charge is 2.41. The zero-order valence-corrected chi connectivity index (χ0v) is 46.7. The van der Waals surface area contributed by atoms with Gasteiger partial charge in [-0.2, -0.15) is 0 Å². The van der Waals surface area contributed by atoms with Crippen LogP contribution in [0.25, 0.3) is 93.5 Å². The molecule has 0 saturated carbocycles. The molecular formula is C80H56N2Si. The fraction of sp³-hybridized carbons (Fsp3) is 0. The fourth-order valence-electron chi connectivity index (χ4n) is 13.3. The van der Waals surface area contributed by atoms with Crippen molar-refractivity contribution in [3.05, 3.63) is 340 Å². The molecule has 0 radical (unpaired) electrons. The van der Waals surface area contributed by atoms with E-state index in [1.165, 1.54) is 103 Å². The molecular weight excluding hydrogens is 1020 g/mol. The number of benzene rings is 14. The summed E-state index contributed by atoms with van der Waals surface area (Å²) in [6, 6.07) is 125. The summed E-state index contributed by atoms with van der Waals surface area (Å²) in [5.74, 6) is 0. The highest BCUT2D eigenvalue weighted by Crippen LogP contribution is 2.46. The van der Waals surface area contributed by atoms with Crippen molar-refractivity contribution in [1.29, 1.82) is 0 Å². The first-order valence-electron chi connectivity index (χ1n) is 28.7. The zero-order chi connectivity index (χ0) is 55.1. The lowest BCUT2D eigenvalue weighted by molar-refractivity contribution is 1.18. The summed E-state index contributed by atoms with van der Waals surface area (Å²) in [4.78, 5) is 2.42. The Labute approximate surface area is 485 Å². The monoisotopic (exact) mass is 1070 g/mol. The second-order valence-electron chi connectivity index (χ2n) is 21.5. The van der Waals surface area contributed by atoms with E-state index in [9.17, 15) is 0 Å². The minimum atomic E-state index is -2.77. The van der Waals surface area contributed by atoms with Crippen molar-refractivity contribution >= 4 is 89.2 Å². The number of hydrogen-bond donors (Lipinski definition) is 0. The van der Waals surface area contributed by atoms with Gasteiger partial charge in [0, 0.05) is 33.5 Å². The average Bonchev–Trinajstić information content (AvgIpc) is 4.19. The molecule has 0 saturated heterocycles. The number of anilines is 3. The van der Waals surface area contributed by atoms with E-state index < -0.39 is 8.07 Å². The maximum atomic E-state index is 2.42. The van der Waals surface area contributed by atoms with Crippen LogP contribution in [0, 0.1) is 0 Å². The van der Waals surface area contributed by atoms with Crippen LogP contribution in [-0.2, 0) is 0 Å². The molecule has 0 amide bonds. The van der Waals surface area contributed by atoms with Gasteiger partial charge in [-0.05, 0) is 147 Å². The topological polar surface area (TPSA) is 8.17 Å². The van der Waals surface area contributed by atoms with Crippen molar-refractivity contribution in [2.75, 3.05) is 4.90 Å². The molecule has 1 heterocycles. The van der Waals surface area contributed by atoms with Gasteiger partial charge in [-0.15, -0.1) is 0 Å². The number of nitrogens with zero attached hydrogens (tertiary/aromatic N) is 2. The van der Waals surface area contributed by atoms with E-state index in [1.54, 1.807) is 0 Å². The molecule has 0 bridgehead atoms. The number of rotatable bonds is 12. The summed E-state index contributed by atoms with van der Waals surface area (Å²) in [5, 5.41) is 12.9. The highest BCUT2D eigenvalue weighted by atomic mass is 28.3. The minimum absolute atomic E-state index is 1.07. The largest absolute Gasteiger partial charge is 0.311 e.